The van der Waals surface area contributed by atoms with Crippen molar-refractivity contribution in [3.05, 3.63) is 27.7 Å². The molecule has 1 aliphatic carbocycles. The molecule has 2 aliphatic rings. The molecule has 0 bridgehead atoms. The highest BCUT2D eigenvalue weighted by molar-refractivity contribution is 6.31. The number of aromatic nitrogens is 1. The average Bonchev–Trinajstić information content (AvgIpc) is 3.19. The Morgan fingerprint density at radius 3 is 2.70 bits per heavy atom. The van der Waals surface area contributed by atoms with E-state index in [0.29, 0.717) is 36.6 Å². The van der Waals surface area contributed by atoms with Crippen LogP contribution in [0.5, 0.6) is 0 Å². The second kappa shape index (κ2) is 4.94. The summed E-state index contributed by atoms with van der Waals surface area (Å²) in [7, 11) is 0. The number of nitrogens with zero attached hydrogens (tertiary/aromatic N) is 4. The van der Waals surface area contributed by atoms with Crippen molar-refractivity contribution in [2.45, 2.75) is 31.3 Å². The standard InChI is InChI=1S/C14H13ClN4O/c1-17-12-11(8-2-3-8)10(6-16)13(15)18-14(12)19-5-4-9(20)7-19/h8-9,20H,2-5,7H2/t9-/m0/s1. The normalized spacial score (nSPS) is 21.6. The summed E-state index contributed by atoms with van der Waals surface area (Å²) in [5.74, 6) is 0.767. The smallest absolute Gasteiger partial charge is 0.233 e. The minimum absolute atomic E-state index is 0.165. The van der Waals surface area contributed by atoms with E-state index in [0.717, 1.165) is 18.4 Å². The summed E-state index contributed by atoms with van der Waals surface area (Å²) in [6, 6.07) is 2.08. The van der Waals surface area contributed by atoms with Gasteiger partial charge in [0.1, 0.15) is 17.0 Å². The van der Waals surface area contributed by atoms with E-state index in [1.807, 2.05) is 4.90 Å². The third-order valence-electron chi connectivity index (χ3n) is 3.82. The summed E-state index contributed by atoms with van der Waals surface area (Å²) in [5.41, 5.74) is 1.52. The largest absolute Gasteiger partial charge is 0.391 e. The second-order valence-electron chi connectivity index (χ2n) is 5.25. The van der Waals surface area contributed by atoms with Crippen LogP contribution in [0.3, 0.4) is 0 Å². The number of anilines is 1. The number of rotatable bonds is 2. The molecule has 1 aromatic rings. The van der Waals surface area contributed by atoms with Crippen molar-refractivity contribution < 1.29 is 5.11 Å². The molecule has 2 heterocycles. The van der Waals surface area contributed by atoms with Crippen LogP contribution in [0, 0.1) is 17.9 Å². The molecule has 1 saturated carbocycles. The first-order valence-corrected chi connectivity index (χ1v) is 6.97. The number of aliphatic hydroxyl groups is 1. The quantitative estimate of drug-likeness (QED) is 0.671. The molecule has 0 spiro atoms. The lowest BCUT2D eigenvalue weighted by Crippen LogP contribution is -2.23. The number of β-amino-alcohol motifs (C(OH)–C–C–N with tert-alkyl or cyclic N) is 1. The Kier molecular flexibility index (Phi) is 3.25. The Balaban J connectivity index is 2.16. The molecule has 6 heteroatoms. The monoisotopic (exact) mass is 288 g/mol. The lowest BCUT2D eigenvalue weighted by atomic mass is 10.0. The highest BCUT2D eigenvalue weighted by Gasteiger charge is 2.34. The molecule has 1 saturated heterocycles. The molecule has 5 nitrogen and oxygen atoms in total. The molecule has 1 aliphatic heterocycles. The SMILES string of the molecule is [C-]#[N+]c1c(N2CC[C@H](O)C2)nc(Cl)c(C#N)c1C1CC1. The van der Waals surface area contributed by atoms with Crippen molar-refractivity contribution in [2.24, 2.45) is 0 Å². The fourth-order valence-electron chi connectivity index (χ4n) is 2.69. The summed E-state index contributed by atoms with van der Waals surface area (Å²) in [5, 5.41) is 19.1. The number of hydrogen-bond acceptors (Lipinski definition) is 4. The van der Waals surface area contributed by atoms with Gasteiger partial charge >= 0.3 is 0 Å². The summed E-state index contributed by atoms with van der Waals surface area (Å²) >= 11 is 6.12. The Morgan fingerprint density at radius 2 is 2.20 bits per heavy atom. The molecule has 2 fully saturated rings. The van der Waals surface area contributed by atoms with Gasteiger partial charge in [-0.1, -0.05) is 11.6 Å². The number of aliphatic hydroxyl groups excluding tert-OH is 1. The fourth-order valence-corrected chi connectivity index (χ4v) is 2.92. The zero-order valence-corrected chi connectivity index (χ0v) is 11.6. The van der Waals surface area contributed by atoms with E-state index in [1.54, 1.807) is 0 Å². The molecule has 1 atom stereocenters. The van der Waals surface area contributed by atoms with Gasteiger partial charge in [-0.2, -0.15) is 5.26 Å². The summed E-state index contributed by atoms with van der Waals surface area (Å²) in [4.78, 5) is 9.74. The van der Waals surface area contributed by atoms with Crippen molar-refractivity contribution in [3.8, 4) is 6.07 Å². The van der Waals surface area contributed by atoms with Crippen molar-refractivity contribution in [2.75, 3.05) is 18.0 Å². The van der Waals surface area contributed by atoms with Crippen LogP contribution >= 0.6 is 11.6 Å². The molecule has 1 N–H and O–H groups in total. The van der Waals surface area contributed by atoms with Gasteiger partial charge in [0, 0.05) is 13.1 Å². The first-order valence-electron chi connectivity index (χ1n) is 6.59. The van der Waals surface area contributed by atoms with Crippen molar-refractivity contribution in [3.63, 3.8) is 0 Å². The van der Waals surface area contributed by atoms with Gasteiger partial charge < -0.3 is 10.0 Å². The predicted octanol–water partition coefficient (Wildman–Crippen LogP) is 2.61. The predicted molar refractivity (Wildman–Crippen MR) is 75.0 cm³/mol. The van der Waals surface area contributed by atoms with Crippen LogP contribution in [0.4, 0.5) is 11.5 Å². The molecule has 102 valence electrons. The minimum atomic E-state index is -0.394. The van der Waals surface area contributed by atoms with Crippen LogP contribution in [0.25, 0.3) is 4.85 Å². The number of pyridine rings is 1. The minimum Gasteiger partial charge on any atom is -0.391 e. The Labute approximate surface area is 122 Å². The number of halogens is 1. The van der Waals surface area contributed by atoms with Crippen LogP contribution in [0.15, 0.2) is 0 Å². The summed E-state index contributed by atoms with van der Waals surface area (Å²) < 4.78 is 0. The van der Waals surface area contributed by atoms with Crippen LogP contribution in [-0.4, -0.2) is 29.3 Å². The van der Waals surface area contributed by atoms with Crippen molar-refractivity contribution in [1.29, 1.82) is 5.26 Å². The lowest BCUT2D eigenvalue weighted by Gasteiger charge is -2.21. The van der Waals surface area contributed by atoms with Crippen LogP contribution in [0.1, 0.15) is 36.3 Å². The molecular weight excluding hydrogens is 276 g/mol. The van der Waals surface area contributed by atoms with Gasteiger partial charge in [-0.3, -0.25) is 0 Å². The van der Waals surface area contributed by atoms with E-state index in [9.17, 15) is 10.4 Å². The van der Waals surface area contributed by atoms with Crippen molar-refractivity contribution >= 4 is 23.1 Å². The molecule has 0 unspecified atom stereocenters. The average molecular weight is 289 g/mol. The number of nitriles is 1. The molecule has 1 aromatic heterocycles. The van der Waals surface area contributed by atoms with E-state index >= 15 is 0 Å². The Bertz CT molecular complexity index is 642. The topological polar surface area (TPSA) is 64.5 Å². The molecule has 0 amide bonds. The van der Waals surface area contributed by atoms with Crippen molar-refractivity contribution in [1.82, 2.24) is 4.98 Å². The summed E-state index contributed by atoms with van der Waals surface area (Å²) in [6.45, 7) is 8.56. The summed E-state index contributed by atoms with van der Waals surface area (Å²) in [6.07, 6.45) is 2.24. The van der Waals surface area contributed by atoms with E-state index < -0.39 is 6.10 Å². The molecule has 0 radical (unpaired) electrons. The van der Waals surface area contributed by atoms with E-state index in [1.165, 1.54) is 0 Å². The van der Waals surface area contributed by atoms with Crippen LogP contribution in [0.2, 0.25) is 5.15 Å². The van der Waals surface area contributed by atoms with Gasteiger partial charge in [0.15, 0.2) is 0 Å². The maximum absolute atomic E-state index is 9.65. The van der Waals surface area contributed by atoms with Gasteiger partial charge in [0.2, 0.25) is 5.69 Å². The van der Waals surface area contributed by atoms with E-state index in [2.05, 4.69) is 15.9 Å². The molecule has 20 heavy (non-hydrogen) atoms. The maximum atomic E-state index is 9.65. The van der Waals surface area contributed by atoms with E-state index in [-0.39, 0.29) is 11.1 Å². The zero-order valence-electron chi connectivity index (χ0n) is 10.8. The van der Waals surface area contributed by atoms with Gasteiger partial charge in [0.25, 0.3) is 0 Å². The molecular formula is C14H13ClN4O. The third kappa shape index (κ3) is 2.10. The maximum Gasteiger partial charge on any atom is 0.233 e. The molecule has 0 aromatic carbocycles. The third-order valence-corrected chi connectivity index (χ3v) is 4.09. The number of hydrogen-bond donors (Lipinski definition) is 1. The second-order valence-corrected chi connectivity index (χ2v) is 5.61. The van der Waals surface area contributed by atoms with Crippen LogP contribution in [-0.2, 0) is 0 Å². The zero-order chi connectivity index (χ0) is 14.3. The Morgan fingerprint density at radius 1 is 1.45 bits per heavy atom. The van der Waals surface area contributed by atoms with Gasteiger partial charge in [0.05, 0.1) is 18.2 Å². The van der Waals surface area contributed by atoms with Crippen LogP contribution < -0.4 is 4.90 Å². The van der Waals surface area contributed by atoms with E-state index in [4.69, 9.17) is 18.2 Å². The van der Waals surface area contributed by atoms with Gasteiger partial charge in [-0.05, 0) is 30.7 Å². The molecule has 3 rings (SSSR count). The Hall–Kier alpha value is -1.82. The lowest BCUT2D eigenvalue weighted by molar-refractivity contribution is 0.198. The first kappa shape index (κ1) is 13.2. The first-order chi connectivity index (χ1) is 9.65. The van der Waals surface area contributed by atoms with Gasteiger partial charge in [-0.15, -0.1) is 0 Å². The highest BCUT2D eigenvalue weighted by Crippen LogP contribution is 2.50. The highest BCUT2D eigenvalue weighted by atomic mass is 35.5. The van der Waals surface area contributed by atoms with Gasteiger partial charge in [-0.25, -0.2) is 9.83 Å². The fraction of sp³-hybridized carbons (Fsp3) is 0.500.